The third-order valence-electron chi connectivity index (χ3n) is 4.79. The minimum atomic E-state index is -0.381. The van der Waals surface area contributed by atoms with Crippen LogP contribution in [-0.4, -0.2) is 32.2 Å². The number of nitrogens with one attached hydrogen (secondary N) is 2. The average molecular weight is 349 g/mol. The molecule has 1 saturated carbocycles. The van der Waals surface area contributed by atoms with Gasteiger partial charge in [-0.2, -0.15) is 5.10 Å². The molecule has 1 fully saturated rings. The molecule has 1 aliphatic carbocycles. The zero-order valence-corrected chi connectivity index (χ0v) is 14.2. The van der Waals surface area contributed by atoms with Gasteiger partial charge in [-0.15, -0.1) is 0 Å². The first-order valence-corrected chi connectivity index (χ1v) is 8.54. The molecule has 2 N–H and O–H groups in total. The summed E-state index contributed by atoms with van der Waals surface area (Å²) in [6.45, 7) is 1.48. The quantitative estimate of drug-likeness (QED) is 0.710. The predicted molar refractivity (Wildman–Crippen MR) is 96.5 cm³/mol. The fraction of sp³-hybridized carbons (Fsp3) is 0.263. The largest absolute Gasteiger partial charge is 0.351 e. The number of carbonyl (C=O) groups is 1. The maximum atomic E-state index is 12.4. The third-order valence-corrected chi connectivity index (χ3v) is 4.79. The van der Waals surface area contributed by atoms with Gasteiger partial charge < -0.3 is 10.3 Å². The van der Waals surface area contributed by atoms with E-state index < -0.39 is 0 Å². The van der Waals surface area contributed by atoms with Crippen LogP contribution in [0.25, 0.3) is 11.1 Å². The fourth-order valence-electron chi connectivity index (χ4n) is 2.99. The zero-order valence-electron chi connectivity index (χ0n) is 14.2. The highest BCUT2D eigenvalue weighted by Crippen LogP contribution is 2.46. The van der Waals surface area contributed by atoms with E-state index in [4.69, 9.17) is 0 Å². The topological polar surface area (TPSA) is 92.7 Å². The normalized spacial score (nSPS) is 14.8. The molecule has 0 saturated heterocycles. The molecule has 1 aliphatic rings. The first-order valence-electron chi connectivity index (χ1n) is 8.54. The lowest BCUT2D eigenvalue weighted by Crippen LogP contribution is -2.32. The molecule has 0 bridgehead atoms. The van der Waals surface area contributed by atoms with Gasteiger partial charge in [0.1, 0.15) is 0 Å². The second-order valence-corrected chi connectivity index (χ2v) is 6.77. The minimum Gasteiger partial charge on any atom is -0.351 e. The molecular weight excluding hydrogens is 330 g/mol. The molecule has 0 atom stereocenters. The van der Waals surface area contributed by atoms with E-state index in [1.165, 1.54) is 6.20 Å². The van der Waals surface area contributed by atoms with Crippen molar-refractivity contribution in [1.29, 1.82) is 0 Å². The molecular formula is C19H19N5O2. The van der Waals surface area contributed by atoms with Gasteiger partial charge in [-0.25, -0.2) is 9.78 Å². The Bertz CT molecular complexity index is 936. The summed E-state index contributed by atoms with van der Waals surface area (Å²) in [4.78, 5) is 29.7. The van der Waals surface area contributed by atoms with Crippen molar-refractivity contribution >= 4 is 5.91 Å². The molecule has 0 aliphatic heterocycles. The molecule has 7 heteroatoms. The molecule has 26 heavy (non-hydrogen) atoms. The smallest absolute Gasteiger partial charge is 0.344 e. The highest BCUT2D eigenvalue weighted by Gasteiger charge is 2.43. The van der Waals surface area contributed by atoms with Crippen LogP contribution >= 0.6 is 0 Å². The zero-order chi connectivity index (χ0) is 18.0. The standard InChI is InChI=1S/C19H19N5O2/c25-17(22-12-19(6-7-19)13-24-9-1-8-23-24)15-4-2-14(3-5-15)16-10-20-18(26)21-11-16/h1-5,8-11H,6-7,12-13H2,(H,22,25)(H,20,21,26). The van der Waals surface area contributed by atoms with Crippen LogP contribution in [0, 0.1) is 5.41 Å². The lowest BCUT2D eigenvalue weighted by Gasteiger charge is -2.16. The van der Waals surface area contributed by atoms with Crippen LogP contribution < -0.4 is 11.0 Å². The van der Waals surface area contributed by atoms with Gasteiger partial charge in [0.05, 0.1) is 0 Å². The summed E-state index contributed by atoms with van der Waals surface area (Å²) in [5.74, 6) is -0.0807. The van der Waals surface area contributed by atoms with E-state index in [0.29, 0.717) is 12.1 Å². The number of benzene rings is 1. The van der Waals surface area contributed by atoms with E-state index in [1.807, 2.05) is 29.1 Å². The van der Waals surface area contributed by atoms with Crippen molar-refractivity contribution in [2.45, 2.75) is 19.4 Å². The number of nitrogens with zero attached hydrogens (tertiary/aromatic N) is 3. The van der Waals surface area contributed by atoms with Gasteiger partial charge in [0.25, 0.3) is 5.91 Å². The van der Waals surface area contributed by atoms with E-state index >= 15 is 0 Å². The Hall–Kier alpha value is -3.22. The predicted octanol–water partition coefficient (Wildman–Crippen LogP) is 1.84. The van der Waals surface area contributed by atoms with Crippen molar-refractivity contribution in [1.82, 2.24) is 25.1 Å². The van der Waals surface area contributed by atoms with Gasteiger partial charge in [0, 0.05) is 54.4 Å². The maximum Gasteiger partial charge on any atom is 0.344 e. The molecule has 3 aromatic rings. The Kier molecular flexibility index (Phi) is 4.12. The Labute approximate surface area is 150 Å². The number of rotatable bonds is 6. The Morgan fingerprint density at radius 1 is 1.23 bits per heavy atom. The van der Waals surface area contributed by atoms with Crippen LogP contribution in [0.2, 0.25) is 0 Å². The summed E-state index contributed by atoms with van der Waals surface area (Å²) in [6, 6.07) is 9.17. The van der Waals surface area contributed by atoms with Gasteiger partial charge in [0.2, 0.25) is 0 Å². The summed E-state index contributed by atoms with van der Waals surface area (Å²) >= 11 is 0. The van der Waals surface area contributed by atoms with E-state index in [0.717, 1.165) is 30.5 Å². The average Bonchev–Trinajstić information content (AvgIpc) is 3.23. The fourth-order valence-corrected chi connectivity index (χ4v) is 2.99. The molecule has 0 spiro atoms. The van der Waals surface area contributed by atoms with Crippen molar-refractivity contribution in [2.75, 3.05) is 6.54 Å². The Morgan fingerprint density at radius 3 is 2.65 bits per heavy atom. The summed E-state index contributed by atoms with van der Waals surface area (Å²) in [6.07, 6.45) is 9.05. The number of H-pyrrole nitrogens is 1. The first-order chi connectivity index (χ1) is 12.6. The number of aromatic nitrogens is 4. The van der Waals surface area contributed by atoms with Gasteiger partial charge in [-0.1, -0.05) is 12.1 Å². The Morgan fingerprint density at radius 2 is 2.04 bits per heavy atom. The van der Waals surface area contributed by atoms with E-state index in [9.17, 15) is 9.59 Å². The molecule has 2 heterocycles. The molecule has 2 aromatic heterocycles. The van der Waals surface area contributed by atoms with E-state index in [2.05, 4.69) is 20.4 Å². The summed E-state index contributed by atoms with van der Waals surface area (Å²) in [5.41, 5.74) is 2.05. The van der Waals surface area contributed by atoms with Crippen LogP contribution in [0.5, 0.6) is 0 Å². The molecule has 0 radical (unpaired) electrons. The summed E-state index contributed by atoms with van der Waals surface area (Å²) in [7, 11) is 0. The second-order valence-electron chi connectivity index (χ2n) is 6.77. The molecule has 0 unspecified atom stereocenters. The van der Waals surface area contributed by atoms with Crippen molar-refractivity contribution < 1.29 is 4.79 Å². The van der Waals surface area contributed by atoms with E-state index in [-0.39, 0.29) is 17.0 Å². The van der Waals surface area contributed by atoms with Crippen molar-refractivity contribution in [3.05, 3.63) is 71.2 Å². The number of amides is 1. The van der Waals surface area contributed by atoms with Crippen LogP contribution in [-0.2, 0) is 6.54 Å². The minimum absolute atomic E-state index is 0.0807. The monoisotopic (exact) mass is 349 g/mol. The number of carbonyl (C=O) groups excluding carboxylic acids is 1. The Balaban J connectivity index is 1.37. The van der Waals surface area contributed by atoms with Gasteiger partial charge in [-0.05, 0) is 36.6 Å². The number of hydrogen-bond acceptors (Lipinski definition) is 4. The van der Waals surface area contributed by atoms with Crippen LogP contribution in [0.1, 0.15) is 23.2 Å². The SMILES string of the molecule is O=C(NCC1(Cn2cccn2)CC1)c1ccc(-c2cnc(=O)[nH]c2)cc1. The van der Waals surface area contributed by atoms with Crippen LogP contribution in [0.15, 0.2) is 59.9 Å². The van der Waals surface area contributed by atoms with E-state index in [1.54, 1.807) is 24.5 Å². The lowest BCUT2D eigenvalue weighted by atomic mass is 10.1. The first kappa shape index (κ1) is 16.3. The number of aromatic amines is 1. The van der Waals surface area contributed by atoms with Crippen LogP contribution in [0.3, 0.4) is 0 Å². The summed E-state index contributed by atoms with van der Waals surface area (Å²) < 4.78 is 1.92. The highest BCUT2D eigenvalue weighted by atomic mass is 16.1. The second kappa shape index (κ2) is 6.59. The molecule has 1 amide bonds. The van der Waals surface area contributed by atoms with Gasteiger partial charge in [0.15, 0.2) is 0 Å². The summed E-state index contributed by atoms with van der Waals surface area (Å²) in [5, 5.41) is 7.29. The lowest BCUT2D eigenvalue weighted by molar-refractivity contribution is 0.0942. The number of hydrogen-bond donors (Lipinski definition) is 2. The maximum absolute atomic E-state index is 12.4. The van der Waals surface area contributed by atoms with Crippen molar-refractivity contribution in [2.24, 2.45) is 5.41 Å². The third kappa shape index (κ3) is 3.56. The van der Waals surface area contributed by atoms with Crippen LogP contribution in [0.4, 0.5) is 0 Å². The van der Waals surface area contributed by atoms with Gasteiger partial charge in [-0.3, -0.25) is 9.48 Å². The van der Waals surface area contributed by atoms with Crippen molar-refractivity contribution in [3.63, 3.8) is 0 Å². The molecule has 4 rings (SSSR count). The highest BCUT2D eigenvalue weighted by molar-refractivity contribution is 5.94. The van der Waals surface area contributed by atoms with Crippen molar-refractivity contribution in [3.8, 4) is 11.1 Å². The molecule has 7 nitrogen and oxygen atoms in total. The van der Waals surface area contributed by atoms with Gasteiger partial charge >= 0.3 is 5.69 Å². The molecule has 132 valence electrons. The molecule has 1 aromatic carbocycles.